The number of aliphatic hydroxyl groups is 1. The molecule has 3 N–H and O–H groups in total. The number of benzene rings is 1. The van der Waals surface area contributed by atoms with Gasteiger partial charge in [0.1, 0.15) is 17.8 Å². The summed E-state index contributed by atoms with van der Waals surface area (Å²) in [6, 6.07) is 7.04. The first kappa shape index (κ1) is 29.4. The molecule has 2 atom stereocenters. The third-order valence-corrected chi connectivity index (χ3v) is 7.00. The summed E-state index contributed by atoms with van der Waals surface area (Å²) < 4.78 is 40.6. The molecule has 1 aliphatic heterocycles. The van der Waals surface area contributed by atoms with Crippen LogP contribution in [0.4, 0.5) is 19.0 Å². The summed E-state index contributed by atoms with van der Waals surface area (Å²) in [6.45, 7) is 10.5. The Balaban J connectivity index is 0.00000195. The molecule has 0 aliphatic carbocycles. The third kappa shape index (κ3) is 6.63. The van der Waals surface area contributed by atoms with E-state index in [-0.39, 0.29) is 18.4 Å². The fraction of sp³-hybridized carbons (Fsp3) is 0.519. The lowest BCUT2D eigenvalue weighted by molar-refractivity contribution is -0.137. The van der Waals surface area contributed by atoms with Gasteiger partial charge in [-0.3, -0.25) is 9.69 Å². The molecule has 0 spiro atoms. The molecular formula is C27H37F3N6O2. The highest BCUT2D eigenvalue weighted by molar-refractivity contribution is 5.87. The Hall–Kier alpha value is -3.18. The number of primary amides is 1. The molecular weight excluding hydrogens is 497 g/mol. The van der Waals surface area contributed by atoms with Crippen LogP contribution >= 0.6 is 0 Å². The number of halogens is 3. The van der Waals surface area contributed by atoms with Gasteiger partial charge in [0.05, 0.1) is 29.6 Å². The lowest BCUT2D eigenvalue weighted by Gasteiger charge is -2.43. The second-order valence-electron chi connectivity index (χ2n) is 9.54. The second kappa shape index (κ2) is 12.1. The number of hydrogen-bond acceptors (Lipinski definition) is 6. The van der Waals surface area contributed by atoms with E-state index >= 15 is 0 Å². The molecule has 1 saturated heterocycles. The van der Waals surface area contributed by atoms with E-state index in [9.17, 15) is 23.1 Å². The van der Waals surface area contributed by atoms with Crippen molar-refractivity contribution in [3.05, 3.63) is 54.0 Å². The van der Waals surface area contributed by atoms with E-state index in [1.54, 1.807) is 0 Å². The lowest BCUT2D eigenvalue weighted by Crippen LogP contribution is -2.54. The molecule has 11 heteroatoms. The Morgan fingerprint density at radius 1 is 1.21 bits per heavy atom. The number of piperidine rings is 1. The zero-order valence-corrected chi connectivity index (χ0v) is 22.4. The van der Waals surface area contributed by atoms with Crippen LogP contribution in [0.2, 0.25) is 0 Å². The number of hydrogen-bond donors (Lipinski definition) is 2. The predicted octanol–water partition coefficient (Wildman–Crippen LogP) is 4.06. The number of rotatable bonds is 8. The highest BCUT2D eigenvalue weighted by atomic mass is 19.4. The molecule has 1 amide bonds. The molecule has 4 rings (SSSR count). The van der Waals surface area contributed by atoms with Crippen molar-refractivity contribution in [3.63, 3.8) is 0 Å². The van der Waals surface area contributed by atoms with Crippen molar-refractivity contribution in [2.45, 2.75) is 59.0 Å². The first-order chi connectivity index (χ1) is 18.0. The highest BCUT2D eigenvalue weighted by Crippen LogP contribution is 2.33. The van der Waals surface area contributed by atoms with Crippen LogP contribution in [-0.2, 0) is 24.1 Å². The molecule has 38 heavy (non-hydrogen) atoms. The smallest absolute Gasteiger partial charge is 0.388 e. The van der Waals surface area contributed by atoms with Crippen LogP contribution in [0.1, 0.15) is 45.2 Å². The number of alkyl halides is 3. The van der Waals surface area contributed by atoms with Crippen molar-refractivity contribution in [2.75, 3.05) is 31.1 Å². The third-order valence-electron chi connectivity index (χ3n) is 7.00. The monoisotopic (exact) mass is 534 g/mol. The Morgan fingerprint density at radius 2 is 1.89 bits per heavy atom. The van der Waals surface area contributed by atoms with E-state index in [4.69, 9.17) is 5.73 Å². The minimum Gasteiger partial charge on any atom is -0.388 e. The van der Waals surface area contributed by atoms with Gasteiger partial charge in [-0.2, -0.15) is 13.2 Å². The van der Waals surface area contributed by atoms with Gasteiger partial charge in [-0.05, 0) is 43.0 Å². The van der Waals surface area contributed by atoms with Crippen molar-refractivity contribution in [1.29, 1.82) is 0 Å². The highest BCUT2D eigenvalue weighted by Gasteiger charge is 2.39. The first-order valence-electron chi connectivity index (χ1n) is 12.9. The van der Waals surface area contributed by atoms with Gasteiger partial charge in [0.25, 0.3) is 0 Å². The standard InChI is InChI=1S/C25H31F3N6O2.C2H6/c1-3-33(13-18-4-6-19(7-5-18)25(26,27)28)22-20-8-10-34(23(20)31-16-30-22)15-24(36)9-11-32(12-17(24)2)14-21(29)35;1-2/h4-8,10,16-17,36H,3,9,11-15H2,1-2H3,(H2,29,35);1-2H3. The van der Waals surface area contributed by atoms with Gasteiger partial charge in [-0.1, -0.05) is 32.9 Å². The van der Waals surface area contributed by atoms with E-state index in [0.29, 0.717) is 50.6 Å². The SMILES string of the molecule is CC.CCN(Cc1ccc(C(F)(F)F)cc1)c1ncnc2c1ccn2CC1(O)CCN(CC(N)=O)CC1C. The predicted molar refractivity (Wildman–Crippen MR) is 141 cm³/mol. The number of amides is 1. The normalized spacial score (nSPS) is 20.2. The summed E-state index contributed by atoms with van der Waals surface area (Å²) in [5.74, 6) is 0.207. The number of likely N-dealkylation sites (tertiary alicyclic amines) is 1. The maximum absolute atomic E-state index is 12.9. The number of carbonyl (C=O) groups excluding carboxylic acids is 1. The van der Waals surface area contributed by atoms with E-state index < -0.39 is 17.3 Å². The number of nitrogens with zero attached hydrogens (tertiary/aromatic N) is 5. The summed E-state index contributed by atoms with van der Waals surface area (Å²) in [5.41, 5.74) is 5.08. The fourth-order valence-electron chi connectivity index (χ4n) is 4.87. The number of aromatic nitrogens is 3. The molecule has 0 saturated carbocycles. The van der Waals surface area contributed by atoms with Gasteiger partial charge in [-0.25, -0.2) is 9.97 Å². The minimum atomic E-state index is -4.37. The topological polar surface area (TPSA) is 101 Å². The van der Waals surface area contributed by atoms with Gasteiger partial charge < -0.3 is 20.3 Å². The van der Waals surface area contributed by atoms with Crippen LogP contribution < -0.4 is 10.6 Å². The molecule has 3 aromatic rings. The van der Waals surface area contributed by atoms with Gasteiger partial charge >= 0.3 is 6.18 Å². The molecule has 1 aromatic carbocycles. The van der Waals surface area contributed by atoms with Crippen LogP contribution in [0.3, 0.4) is 0 Å². The number of anilines is 1. The van der Waals surface area contributed by atoms with Crippen LogP contribution in [0, 0.1) is 5.92 Å². The average molecular weight is 535 g/mol. The van der Waals surface area contributed by atoms with Crippen molar-refractivity contribution >= 4 is 22.8 Å². The summed E-state index contributed by atoms with van der Waals surface area (Å²) in [5, 5.41) is 12.2. The summed E-state index contributed by atoms with van der Waals surface area (Å²) in [7, 11) is 0. The van der Waals surface area contributed by atoms with Gasteiger partial charge in [0.2, 0.25) is 5.91 Å². The van der Waals surface area contributed by atoms with Crippen LogP contribution in [0.25, 0.3) is 11.0 Å². The second-order valence-corrected chi connectivity index (χ2v) is 9.54. The minimum absolute atomic E-state index is 0.0869. The summed E-state index contributed by atoms with van der Waals surface area (Å²) in [6.07, 6.45) is -0.541. The van der Waals surface area contributed by atoms with Crippen molar-refractivity contribution in [3.8, 4) is 0 Å². The molecule has 2 aromatic heterocycles. The zero-order valence-electron chi connectivity index (χ0n) is 22.4. The fourth-order valence-corrected chi connectivity index (χ4v) is 4.87. The maximum atomic E-state index is 12.9. The largest absolute Gasteiger partial charge is 0.416 e. The lowest BCUT2D eigenvalue weighted by atomic mass is 9.82. The summed E-state index contributed by atoms with van der Waals surface area (Å²) in [4.78, 5) is 24.1. The molecule has 0 radical (unpaired) electrons. The Kier molecular flexibility index (Phi) is 9.37. The van der Waals surface area contributed by atoms with Crippen LogP contribution in [-0.4, -0.2) is 62.2 Å². The Morgan fingerprint density at radius 3 is 2.47 bits per heavy atom. The first-order valence-corrected chi connectivity index (χ1v) is 12.9. The molecule has 1 fully saturated rings. The summed E-state index contributed by atoms with van der Waals surface area (Å²) >= 11 is 0. The van der Waals surface area contributed by atoms with E-state index in [0.717, 1.165) is 23.1 Å². The Bertz CT molecular complexity index is 1210. The van der Waals surface area contributed by atoms with Crippen LogP contribution in [0.5, 0.6) is 0 Å². The number of carbonyl (C=O) groups is 1. The quantitative estimate of drug-likeness (QED) is 0.452. The molecule has 2 unspecified atom stereocenters. The van der Waals surface area contributed by atoms with Gasteiger partial charge in [-0.15, -0.1) is 0 Å². The van der Waals surface area contributed by atoms with E-state index in [2.05, 4.69) is 9.97 Å². The molecule has 208 valence electrons. The molecule has 8 nitrogen and oxygen atoms in total. The average Bonchev–Trinajstić information content (AvgIpc) is 3.28. The number of fused-ring (bicyclic) bond motifs is 1. The zero-order chi connectivity index (χ0) is 28.1. The van der Waals surface area contributed by atoms with Gasteiger partial charge in [0.15, 0.2) is 0 Å². The molecule has 3 heterocycles. The van der Waals surface area contributed by atoms with E-state index in [1.807, 2.05) is 54.3 Å². The van der Waals surface area contributed by atoms with Gasteiger partial charge in [0, 0.05) is 32.4 Å². The van der Waals surface area contributed by atoms with Crippen molar-refractivity contribution in [1.82, 2.24) is 19.4 Å². The number of nitrogens with two attached hydrogens (primary N) is 1. The Labute approximate surface area is 221 Å². The van der Waals surface area contributed by atoms with E-state index in [1.165, 1.54) is 18.5 Å². The molecule has 1 aliphatic rings. The van der Waals surface area contributed by atoms with Crippen molar-refractivity contribution < 1.29 is 23.1 Å². The van der Waals surface area contributed by atoms with Crippen molar-refractivity contribution in [2.24, 2.45) is 11.7 Å². The van der Waals surface area contributed by atoms with Crippen LogP contribution in [0.15, 0.2) is 42.9 Å². The molecule has 0 bridgehead atoms. The maximum Gasteiger partial charge on any atom is 0.416 e.